The molecule has 3 fully saturated rings. The fourth-order valence-corrected chi connectivity index (χ4v) is 4.61. The van der Waals surface area contributed by atoms with E-state index in [1.54, 1.807) is 0 Å². The SMILES string of the molecule is CC1CCC(CNC2CCOC3(CCCCC3)C2)CC1. The van der Waals surface area contributed by atoms with Crippen LogP contribution in [-0.2, 0) is 4.74 Å². The first kappa shape index (κ1) is 14.8. The van der Waals surface area contributed by atoms with Crippen molar-refractivity contribution < 1.29 is 4.74 Å². The maximum absolute atomic E-state index is 6.20. The Kier molecular flexibility index (Phi) is 5.04. The lowest BCUT2D eigenvalue weighted by molar-refractivity contribution is -0.109. The first-order valence-electron chi connectivity index (χ1n) is 9.13. The average Bonchev–Trinajstić information content (AvgIpc) is 2.48. The second kappa shape index (κ2) is 6.79. The van der Waals surface area contributed by atoms with Crippen molar-refractivity contribution in [2.45, 2.75) is 89.2 Å². The first-order chi connectivity index (χ1) is 9.76. The normalized spacial score (nSPS) is 38.0. The summed E-state index contributed by atoms with van der Waals surface area (Å²) in [6.45, 7) is 4.65. The molecule has 0 aromatic carbocycles. The minimum absolute atomic E-state index is 0.259. The van der Waals surface area contributed by atoms with Crippen LogP contribution >= 0.6 is 0 Å². The maximum Gasteiger partial charge on any atom is 0.0697 e. The van der Waals surface area contributed by atoms with Crippen LogP contribution in [0.3, 0.4) is 0 Å². The molecule has 2 aliphatic carbocycles. The second-order valence-electron chi connectivity index (χ2n) is 7.82. The van der Waals surface area contributed by atoms with E-state index in [0.717, 1.165) is 24.5 Å². The minimum Gasteiger partial charge on any atom is -0.375 e. The average molecular weight is 279 g/mol. The molecule has 1 saturated heterocycles. The van der Waals surface area contributed by atoms with Crippen molar-refractivity contribution in [2.24, 2.45) is 11.8 Å². The summed E-state index contributed by atoms with van der Waals surface area (Å²) in [6, 6.07) is 0.723. The molecule has 2 saturated carbocycles. The Morgan fingerprint density at radius 1 is 1.00 bits per heavy atom. The number of hydrogen-bond acceptors (Lipinski definition) is 2. The van der Waals surface area contributed by atoms with Gasteiger partial charge < -0.3 is 10.1 Å². The summed E-state index contributed by atoms with van der Waals surface area (Å²) in [5.74, 6) is 1.91. The van der Waals surface area contributed by atoms with Gasteiger partial charge in [-0.2, -0.15) is 0 Å². The minimum atomic E-state index is 0.259. The van der Waals surface area contributed by atoms with Crippen LogP contribution in [0, 0.1) is 11.8 Å². The number of hydrogen-bond donors (Lipinski definition) is 1. The van der Waals surface area contributed by atoms with E-state index in [0.29, 0.717) is 0 Å². The predicted octanol–water partition coefficient (Wildman–Crippen LogP) is 4.28. The van der Waals surface area contributed by atoms with Crippen molar-refractivity contribution in [3.63, 3.8) is 0 Å². The van der Waals surface area contributed by atoms with Gasteiger partial charge in [-0.3, -0.25) is 0 Å². The summed E-state index contributed by atoms with van der Waals surface area (Å²) in [7, 11) is 0. The molecule has 1 spiro atoms. The molecule has 1 atom stereocenters. The Morgan fingerprint density at radius 2 is 1.75 bits per heavy atom. The van der Waals surface area contributed by atoms with E-state index >= 15 is 0 Å². The topological polar surface area (TPSA) is 21.3 Å². The molecule has 3 rings (SSSR count). The zero-order valence-corrected chi connectivity index (χ0v) is 13.3. The molecule has 1 aliphatic heterocycles. The van der Waals surface area contributed by atoms with Crippen LogP contribution in [0.5, 0.6) is 0 Å². The van der Waals surface area contributed by atoms with Gasteiger partial charge in [-0.25, -0.2) is 0 Å². The molecule has 0 bridgehead atoms. The third kappa shape index (κ3) is 3.76. The van der Waals surface area contributed by atoms with Crippen molar-refractivity contribution in [1.82, 2.24) is 5.32 Å². The lowest BCUT2D eigenvalue weighted by Gasteiger charge is -2.44. The van der Waals surface area contributed by atoms with Gasteiger partial charge in [0.1, 0.15) is 0 Å². The predicted molar refractivity (Wildman–Crippen MR) is 83.9 cm³/mol. The van der Waals surface area contributed by atoms with Gasteiger partial charge in [0.25, 0.3) is 0 Å². The molecule has 2 nitrogen and oxygen atoms in total. The highest BCUT2D eigenvalue weighted by Gasteiger charge is 2.38. The van der Waals surface area contributed by atoms with E-state index in [2.05, 4.69) is 12.2 Å². The molecule has 2 heteroatoms. The zero-order valence-electron chi connectivity index (χ0n) is 13.3. The van der Waals surface area contributed by atoms with Gasteiger partial charge in [-0.1, -0.05) is 39.0 Å². The first-order valence-corrected chi connectivity index (χ1v) is 9.13. The van der Waals surface area contributed by atoms with Gasteiger partial charge in [-0.05, 0) is 56.9 Å². The molecule has 0 aromatic heterocycles. The van der Waals surface area contributed by atoms with E-state index in [1.807, 2.05) is 0 Å². The van der Waals surface area contributed by atoms with Crippen molar-refractivity contribution in [1.29, 1.82) is 0 Å². The van der Waals surface area contributed by atoms with Crippen LogP contribution in [-0.4, -0.2) is 24.8 Å². The van der Waals surface area contributed by atoms with Crippen molar-refractivity contribution in [3.8, 4) is 0 Å². The van der Waals surface area contributed by atoms with E-state index < -0.39 is 0 Å². The van der Waals surface area contributed by atoms with Crippen LogP contribution in [0.25, 0.3) is 0 Å². The summed E-state index contributed by atoms with van der Waals surface area (Å²) < 4.78 is 6.20. The monoisotopic (exact) mass is 279 g/mol. The standard InChI is InChI=1S/C18H33NO/c1-15-5-7-16(8-6-15)14-19-17-9-12-20-18(13-17)10-3-2-4-11-18/h15-17,19H,2-14H2,1H3. The molecule has 3 aliphatic rings. The second-order valence-corrected chi connectivity index (χ2v) is 7.82. The highest BCUT2D eigenvalue weighted by molar-refractivity contribution is 4.92. The largest absolute Gasteiger partial charge is 0.375 e. The number of nitrogens with one attached hydrogen (secondary N) is 1. The molecule has 20 heavy (non-hydrogen) atoms. The summed E-state index contributed by atoms with van der Waals surface area (Å²) in [4.78, 5) is 0. The highest BCUT2D eigenvalue weighted by atomic mass is 16.5. The lowest BCUT2D eigenvalue weighted by Crippen LogP contribution is -2.49. The molecular weight excluding hydrogens is 246 g/mol. The maximum atomic E-state index is 6.20. The summed E-state index contributed by atoms with van der Waals surface area (Å²) >= 11 is 0. The third-order valence-corrected chi connectivity index (χ3v) is 6.09. The van der Waals surface area contributed by atoms with E-state index in [4.69, 9.17) is 4.74 Å². The molecule has 1 unspecified atom stereocenters. The van der Waals surface area contributed by atoms with E-state index in [1.165, 1.54) is 77.2 Å². The lowest BCUT2D eigenvalue weighted by atomic mass is 9.78. The fourth-order valence-electron chi connectivity index (χ4n) is 4.61. The van der Waals surface area contributed by atoms with Gasteiger partial charge in [0.05, 0.1) is 5.60 Å². The Morgan fingerprint density at radius 3 is 2.50 bits per heavy atom. The van der Waals surface area contributed by atoms with Crippen molar-refractivity contribution in [2.75, 3.05) is 13.2 Å². The molecule has 116 valence electrons. The molecule has 0 amide bonds. The van der Waals surface area contributed by atoms with Gasteiger partial charge in [0.2, 0.25) is 0 Å². The van der Waals surface area contributed by atoms with Crippen LogP contribution in [0.1, 0.15) is 77.6 Å². The Labute approximate surface area is 125 Å². The van der Waals surface area contributed by atoms with Crippen molar-refractivity contribution >= 4 is 0 Å². The Bertz CT molecular complexity index is 284. The number of ether oxygens (including phenoxy) is 1. The Hall–Kier alpha value is -0.0800. The van der Waals surface area contributed by atoms with Crippen molar-refractivity contribution in [3.05, 3.63) is 0 Å². The quantitative estimate of drug-likeness (QED) is 0.832. The molecule has 1 N–H and O–H groups in total. The summed E-state index contributed by atoms with van der Waals surface area (Å²) in [6.07, 6.45) is 15.1. The Balaban J connectivity index is 1.43. The molecule has 0 radical (unpaired) electrons. The van der Waals surface area contributed by atoms with Crippen LogP contribution in [0.4, 0.5) is 0 Å². The fraction of sp³-hybridized carbons (Fsp3) is 1.00. The van der Waals surface area contributed by atoms with Gasteiger partial charge in [0, 0.05) is 12.6 Å². The number of rotatable bonds is 3. The molecule has 0 aromatic rings. The smallest absolute Gasteiger partial charge is 0.0697 e. The van der Waals surface area contributed by atoms with Gasteiger partial charge in [-0.15, -0.1) is 0 Å². The highest BCUT2D eigenvalue weighted by Crippen LogP contribution is 2.38. The van der Waals surface area contributed by atoms with E-state index in [-0.39, 0.29) is 5.60 Å². The summed E-state index contributed by atoms with van der Waals surface area (Å²) in [5, 5.41) is 3.90. The van der Waals surface area contributed by atoms with E-state index in [9.17, 15) is 0 Å². The zero-order chi connectivity index (χ0) is 13.8. The van der Waals surface area contributed by atoms with Crippen LogP contribution < -0.4 is 5.32 Å². The van der Waals surface area contributed by atoms with Gasteiger partial charge in [0.15, 0.2) is 0 Å². The van der Waals surface area contributed by atoms with Gasteiger partial charge >= 0.3 is 0 Å². The van der Waals surface area contributed by atoms with Crippen LogP contribution in [0.15, 0.2) is 0 Å². The molecular formula is C18H33NO. The third-order valence-electron chi connectivity index (χ3n) is 6.09. The molecule has 1 heterocycles. The van der Waals surface area contributed by atoms with Crippen LogP contribution in [0.2, 0.25) is 0 Å². The summed E-state index contributed by atoms with van der Waals surface area (Å²) in [5.41, 5.74) is 0.259.